The Morgan fingerprint density at radius 2 is 1.85 bits per heavy atom. The quantitative estimate of drug-likeness (QED) is 0.118. The topological polar surface area (TPSA) is 99.6 Å². The summed E-state index contributed by atoms with van der Waals surface area (Å²) in [7, 11) is 0. The fourth-order valence-corrected chi connectivity index (χ4v) is 5.71. The fraction of sp³-hybridized carbons (Fsp3) is 0.250. The summed E-state index contributed by atoms with van der Waals surface area (Å²) < 4.78 is 7.96. The lowest BCUT2D eigenvalue weighted by Crippen LogP contribution is -2.25. The van der Waals surface area contributed by atoms with Gasteiger partial charge in [-0.2, -0.15) is 9.78 Å². The zero-order chi connectivity index (χ0) is 27.5. The molecule has 1 aliphatic rings. The number of hydrogen-bond donors (Lipinski definition) is 0. The molecule has 200 valence electrons. The standard InChI is InChI=1S/C28H23BrCl2N4O4/c29-20-9-10-25-22(14-20)28(36)34(27(33-25)19-6-2-1-3-7-19)32-15-18-12-23(30)26(24(31)13-18)39-16-17-5-4-8-21(11-17)35(37)38/h4-5,8-15,19H,1-3,6-7,16H2. The molecule has 4 aromatic rings. The van der Waals surface area contributed by atoms with Crippen molar-refractivity contribution in [2.45, 2.75) is 44.6 Å². The smallest absolute Gasteiger partial charge is 0.282 e. The van der Waals surface area contributed by atoms with Crippen LogP contribution in [0, 0.1) is 10.1 Å². The molecule has 0 unspecified atom stereocenters. The number of nitro groups is 1. The van der Waals surface area contributed by atoms with Crippen LogP contribution in [-0.2, 0) is 6.61 Å². The van der Waals surface area contributed by atoms with Crippen LogP contribution in [0.2, 0.25) is 10.0 Å². The van der Waals surface area contributed by atoms with Crippen molar-refractivity contribution < 1.29 is 9.66 Å². The first-order valence-electron chi connectivity index (χ1n) is 12.4. The number of aromatic nitrogens is 2. The first kappa shape index (κ1) is 27.3. The summed E-state index contributed by atoms with van der Waals surface area (Å²) in [6.07, 6.45) is 6.80. The summed E-state index contributed by atoms with van der Waals surface area (Å²) in [5.74, 6) is 1.05. The minimum Gasteiger partial charge on any atom is -0.486 e. The van der Waals surface area contributed by atoms with Crippen LogP contribution in [0.15, 0.2) is 69.0 Å². The molecule has 0 N–H and O–H groups in total. The monoisotopic (exact) mass is 628 g/mol. The number of nitrogens with zero attached hydrogens (tertiary/aromatic N) is 4. The second-order valence-corrected chi connectivity index (χ2v) is 11.1. The van der Waals surface area contributed by atoms with E-state index in [9.17, 15) is 14.9 Å². The van der Waals surface area contributed by atoms with Crippen LogP contribution in [0.4, 0.5) is 5.69 Å². The predicted molar refractivity (Wildman–Crippen MR) is 156 cm³/mol. The van der Waals surface area contributed by atoms with Crippen molar-refractivity contribution in [1.82, 2.24) is 9.66 Å². The molecular formula is C28H23BrCl2N4O4. The number of halogens is 3. The lowest BCUT2D eigenvalue weighted by molar-refractivity contribution is -0.384. The minimum atomic E-state index is -0.466. The molecule has 0 amide bonds. The normalized spacial score (nSPS) is 14.2. The van der Waals surface area contributed by atoms with Gasteiger partial charge in [-0.3, -0.25) is 14.9 Å². The van der Waals surface area contributed by atoms with Crippen molar-refractivity contribution in [3.05, 3.63) is 107 Å². The molecule has 0 atom stereocenters. The van der Waals surface area contributed by atoms with Crippen LogP contribution in [0.5, 0.6) is 5.75 Å². The maximum atomic E-state index is 13.5. The molecule has 0 saturated heterocycles. The van der Waals surface area contributed by atoms with Crippen LogP contribution in [0.1, 0.15) is 55.0 Å². The highest BCUT2D eigenvalue weighted by atomic mass is 79.9. The van der Waals surface area contributed by atoms with Crippen LogP contribution < -0.4 is 10.3 Å². The van der Waals surface area contributed by atoms with E-state index in [1.54, 1.807) is 30.3 Å². The van der Waals surface area contributed by atoms with E-state index in [1.165, 1.54) is 29.4 Å². The maximum absolute atomic E-state index is 13.5. The average Bonchev–Trinajstić information content (AvgIpc) is 2.93. The van der Waals surface area contributed by atoms with Gasteiger partial charge in [-0.25, -0.2) is 4.98 Å². The first-order chi connectivity index (χ1) is 18.8. The lowest BCUT2D eigenvalue weighted by Gasteiger charge is -2.22. The maximum Gasteiger partial charge on any atom is 0.282 e. The molecule has 5 rings (SSSR count). The number of benzene rings is 3. The summed E-state index contributed by atoms with van der Waals surface area (Å²) >= 11 is 16.4. The Bertz CT molecular complexity index is 1630. The first-order valence-corrected chi connectivity index (χ1v) is 14.0. The molecule has 39 heavy (non-hydrogen) atoms. The van der Waals surface area contributed by atoms with E-state index in [0.717, 1.165) is 30.2 Å². The van der Waals surface area contributed by atoms with E-state index >= 15 is 0 Å². The third-order valence-electron chi connectivity index (χ3n) is 6.65. The van der Waals surface area contributed by atoms with Gasteiger partial charge < -0.3 is 4.74 Å². The highest BCUT2D eigenvalue weighted by Gasteiger charge is 2.22. The van der Waals surface area contributed by atoms with Crippen LogP contribution >= 0.6 is 39.1 Å². The van der Waals surface area contributed by atoms with E-state index in [-0.39, 0.29) is 39.6 Å². The molecule has 0 bridgehead atoms. The molecule has 1 saturated carbocycles. The van der Waals surface area contributed by atoms with Gasteiger partial charge in [0, 0.05) is 22.5 Å². The zero-order valence-corrected chi connectivity index (χ0v) is 23.7. The second kappa shape index (κ2) is 11.9. The molecule has 0 radical (unpaired) electrons. The molecule has 11 heteroatoms. The largest absolute Gasteiger partial charge is 0.486 e. The summed E-state index contributed by atoms with van der Waals surface area (Å²) in [6, 6.07) is 14.9. The fourth-order valence-electron chi connectivity index (χ4n) is 4.73. The Morgan fingerprint density at radius 1 is 1.10 bits per heavy atom. The summed E-state index contributed by atoms with van der Waals surface area (Å²) in [6.45, 7) is 0.0486. The molecule has 0 aliphatic heterocycles. The molecule has 1 fully saturated rings. The molecule has 1 aliphatic carbocycles. The molecule has 1 aromatic heterocycles. The van der Waals surface area contributed by atoms with Crippen molar-refractivity contribution in [2.24, 2.45) is 5.10 Å². The predicted octanol–water partition coefficient (Wildman–Crippen LogP) is 7.88. The SMILES string of the molecule is O=c1c2cc(Br)ccc2nc(C2CCCCC2)n1N=Cc1cc(Cl)c(OCc2cccc([N+](=O)[O-])c2)c(Cl)c1. The van der Waals surface area contributed by atoms with Crippen molar-refractivity contribution in [3.63, 3.8) is 0 Å². The Labute approximate surface area is 242 Å². The van der Waals surface area contributed by atoms with Crippen molar-refractivity contribution in [3.8, 4) is 5.75 Å². The molecule has 8 nitrogen and oxygen atoms in total. The van der Waals surface area contributed by atoms with Crippen molar-refractivity contribution in [2.75, 3.05) is 0 Å². The van der Waals surface area contributed by atoms with Gasteiger partial charge in [0.1, 0.15) is 12.4 Å². The summed E-state index contributed by atoms with van der Waals surface area (Å²) in [4.78, 5) is 28.9. The van der Waals surface area contributed by atoms with Crippen LogP contribution in [0.3, 0.4) is 0 Å². The third-order valence-corrected chi connectivity index (χ3v) is 7.71. The number of hydrogen-bond acceptors (Lipinski definition) is 6. The van der Waals surface area contributed by atoms with Gasteiger partial charge in [-0.05, 0) is 54.3 Å². The van der Waals surface area contributed by atoms with Crippen LogP contribution in [-0.4, -0.2) is 20.8 Å². The Morgan fingerprint density at radius 3 is 2.56 bits per heavy atom. The highest BCUT2D eigenvalue weighted by molar-refractivity contribution is 9.10. The number of nitro benzene ring substituents is 1. The van der Waals surface area contributed by atoms with E-state index in [2.05, 4.69) is 21.0 Å². The Balaban J connectivity index is 1.45. The molecule has 1 heterocycles. The van der Waals surface area contributed by atoms with E-state index in [1.807, 2.05) is 12.1 Å². The minimum absolute atomic E-state index is 0.0294. The Kier molecular flexibility index (Phi) is 8.30. The number of rotatable bonds is 7. The number of non-ortho nitro benzene ring substituents is 1. The molecule has 0 spiro atoms. The van der Waals surface area contributed by atoms with Gasteiger partial charge in [-0.1, -0.05) is 70.5 Å². The zero-order valence-electron chi connectivity index (χ0n) is 20.6. The van der Waals surface area contributed by atoms with Gasteiger partial charge >= 0.3 is 0 Å². The van der Waals surface area contributed by atoms with Crippen LogP contribution in [0.25, 0.3) is 10.9 Å². The van der Waals surface area contributed by atoms with Gasteiger partial charge in [0.05, 0.1) is 32.1 Å². The third kappa shape index (κ3) is 6.16. The van der Waals surface area contributed by atoms with Gasteiger partial charge in [0.15, 0.2) is 5.75 Å². The lowest BCUT2D eigenvalue weighted by atomic mass is 9.88. The summed E-state index contributed by atoms with van der Waals surface area (Å²) in [5, 5.41) is 16.5. The van der Waals surface area contributed by atoms with Gasteiger partial charge in [0.2, 0.25) is 0 Å². The Hall–Kier alpha value is -3.27. The average molecular weight is 630 g/mol. The number of ether oxygens (including phenoxy) is 1. The van der Waals surface area contributed by atoms with E-state index in [4.69, 9.17) is 32.9 Å². The second-order valence-electron chi connectivity index (χ2n) is 9.36. The number of fused-ring (bicyclic) bond motifs is 1. The van der Waals surface area contributed by atoms with E-state index < -0.39 is 4.92 Å². The highest BCUT2D eigenvalue weighted by Crippen LogP contribution is 2.35. The van der Waals surface area contributed by atoms with E-state index in [0.29, 0.717) is 27.9 Å². The van der Waals surface area contributed by atoms with Crippen molar-refractivity contribution in [1.29, 1.82) is 0 Å². The van der Waals surface area contributed by atoms with Gasteiger partial charge in [-0.15, -0.1) is 0 Å². The van der Waals surface area contributed by atoms with Crippen molar-refractivity contribution >= 4 is 61.9 Å². The molecule has 3 aromatic carbocycles. The summed E-state index contributed by atoms with van der Waals surface area (Å²) in [5.41, 5.74) is 1.55. The van der Waals surface area contributed by atoms with Gasteiger partial charge in [0.25, 0.3) is 11.2 Å². The molecular weight excluding hydrogens is 607 g/mol.